The van der Waals surface area contributed by atoms with Gasteiger partial charge in [-0.2, -0.15) is 5.10 Å². The van der Waals surface area contributed by atoms with E-state index in [4.69, 9.17) is 0 Å². The standard InChI is InChI=1S/C20H16N4OS/c25-19(16-10-9-13-5-1-2-6-15(13)16)22-14-11-21-24(12-14)20-23-17-7-3-4-8-18(17)26-20/h1-8,11-12,16H,9-10H2,(H,22,25). The zero-order valence-corrected chi connectivity index (χ0v) is 14.7. The van der Waals surface area contributed by atoms with Crippen LogP contribution in [0.5, 0.6) is 0 Å². The lowest BCUT2D eigenvalue weighted by molar-refractivity contribution is -0.117. The minimum absolute atomic E-state index is 0.0267. The number of nitrogens with one attached hydrogen (secondary N) is 1. The molecule has 2 aromatic heterocycles. The van der Waals surface area contributed by atoms with Crippen LogP contribution in [0.15, 0.2) is 60.9 Å². The Morgan fingerprint density at radius 2 is 2.00 bits per heavy atom. The molecule has 4 aromatic rings. The van der Waals surface area contributed by atoms with E-state index in [2.05, 4.69) is 27.5 Å². The van der Waals surface area contributed by atoms with Crippen LogP contribution in [0.25, 0.3) is 15.3 Å². The first-order chi connectivity index (χ1) is 12.8. The lowest BCUT2D eigenvalue weighted by Gasteiger charge is -2.10. The highest BCUT2D eigenvalue weighted by Crippen LogP contribution is 2.33. The minimum Gasteiger partial charge on any atom is -0.323 e. The quantitative estimate of drug-likeness (QED) is 0.597. The average Bonchev–Trinajstić information content (AvgIpc) is 3.38. The molecule has 0 bridgehead atoms. The third kappa shape index (κ3) is 2.59. The van der Waals surface area contributed by atoms with Crippen molar-refractivity contribution < 1.29 is 4.79 Å². The van der Waals surface area contributed by atoms with Crippen molar-refractivity contribution in [2.45, 2.75) is 18.8 Å². The molecular weight excluding hydrogens is 344 g/mol. The van der Waals surface area contributed by atoms with Crippen LogP contribution < -0.4 is 5.32 Å². The maximum atomic E-state index is 12.7. The maximum absolute atomic E-state index is 12.7. The molecule has 1 N–H and O–H groups in total. The van der Waals surface area contributed by atoms with Crippen molar-refractivity contribution >= 4 is 33.1 Å². The van der Waals surface area contributed by atoms with Gasteiger partial charge in [0, 0.05) is 0 Å². The van der Waals surface area contributed by atoms with Crippen LogP contribution in [0.2, 0.25) is 0 Å². The molecule has 26 heavy (non-hydrogen) atoms. The number of para-hydroxylation sites is 1. The molecule has 1 unspecified atom stereocenters. The Morgan fingerprint density at radius 1 is 1.15 bits per heavy atom. The zero-order valence-electron chi connectivity index (χ0n) is 13.9. The number of nitrogens with zero attached hydrogens (tertiary/aromatic N) is 3. The van der Waals surface area contributed by atoms with Gasteiger partial charge in [-0.25, -0.2) is 9.67 Å². The van der Waals surface area contributed by atoms with E-state index in [0.717, 1.165) is 33.8 Å². The van der Waals surface area contributed by atoms with Gasteiger partial charge in [0.05, 0.1) is 34.2 Å². The van der Waals surface area contributed by atoms with Crippen LogP contribution in [0.1, 0.15) is 23.5 Å². The van der Waals surface area contributed by atoms with Gasteiger partial charge in [0.1, 0.15) is 0 Å². The highest BCUT2D eigenvalue weighted by atomic mass is 32.1. The van der Waals surface area contributed by atoms with Gasteiger partial charge in [-0.3, -0.25) is 4.79 Å². The number of amides is 1. The monoisotopic (exact) mass is 360 g/mol. The van der Waals surface area contributed by atoms with Crippen molar-refractivity contribution in [1.29, 1.82) is 0 Å². The third-order valence-corrected chi connectivity index (χ3v) is 5.80. The van der Waals surface area contributed by atoms with Crippen LogP contribution in [0.3, 0.4) is 0 Å². The van der Waals surface area contributed by atoms with E-state index in [1.165, 1.54) is 5.56 Å². The first kappa shape index (κ1) is 15.3. The third-order valence-electron chi connectivity index (χ3n) is 4.78. The number of carbonyl (C=O) groups is 1. The maximum Gasteiger partial charge on any atom is 0.232 e. The van der Waals surface area contributed by atoms with E-state index in [1.807, 2.05) is 42.6 Å². The van der Waals surface area contributed by atoms with Crippen molar-refractivity contribution in [1.82, 2.24) is 14.8 Å². The van der Waals surface area contributed by atoms with E-state index in [-0.39, 0.29) is 11.8 Å². The number of aryl methyl sites for hydroxylation is 1. The van der Waals surface area contributed by atoms with Crippen molar-refractivity contribution in [3.63, 3.8) is 0 Å². The molecule has 1 aliphatic carbocycles. The molecule has 1 amide bonds. The van der Waals surface area contributed by atoms with Crippen molar-refractivity contribution in [3.8, 4) is 5.13 Å². The van der Waals surface area contributed by atoms with Crippen LogP contribution in [0.4, 0.5) is 5.69 Å². The summed E-state index contributed by atoms with van der Waals surface area (Å²) in [5, 5.41) is 8.15. The van der Waals surface area contributed by atoms with Gasteiger partial charge in [0.2, 0.25) is 11.0 Å². The predicted molar refractivity (Wildman–Crippen MR) is 103 cm³/mol. The molecule has 0 radical (unpaired) electrons. The molecule has 6 heteroatoms. The van der Waals surface area contributed by atoms with Crippen molar-refractivity contribution in [2.24, 2.45) is 0 Å². The van der Waals surface area contributed by atoms with E-state index in [1.54, 1.807) is 22.2 Å². The summed E-state index contributed by atoms with van der Waals surface area (Å²) in [4.78, 5) is 17.3. The summed E-state index contributed by atoms with van der Waals surface area (Å²) in [6.45, 7) is 0. The summed E-state index contributed by atoms with van der Waals surface area (Å²) >= 11 is 1.58. The van der Waals surface area contributed by atoms with Gasteiger partial charge in [-0.15, -0.1) is 0 Å². The topological polar surface area (TPSA) is 59.8 Å². The van der Waals surface area contributed by atoms with Gasteiger partial charge < -0.3 is 5.32 Å². The molecule has 0 saturated carbocycles. The first-order valence-corrected chi connectivity index (χ1v) is 9.39. The molecular formula is C20H16N4OS. The highest BCUT2D eigenvalue weighted by molar-refractivity contribution is 7.20. The summed E-state index contributed by atoms with van der Waals surface area (Å²) in [6, 6.07) is 16.2. The van der Waals surface area contributed by atoms with Crippen molar-refractivity contribution in [2.75, 3.05) is 5.32 Å². The summed E-state index contributed by atoms with van der Waals surface area (Å²) < 4.78 is 2.83. The number of aromatic nitrogens is 3. The zero-order chi connectivity index (χ0) is 17.5. The molecule has 5 rings (SSSR count). The Morgan fingerprint density at radius 3 is 2.92 bits per heavy atom. The number of hydrogen-bond acceptors (Lipinski definition) is 4. The number of fused-ring (bicyclic) bond motifs is 2. The molecule has 1 aliphatic rings. The van der Waals surface area contributed by atoms with E-state index in [0.29, 0.717) is 5.69 Å². The Hall–Kier alpha value is -2.99. The summed E-state index contributed by atoms with van der Waals surface area (Å²) in [6.07, 6.45) is 5.30. The Bertz CT molecular complexity index is 1080. The molecule has 2 aromatic carbocycles. The Kier molecular flexibility index (Phi) is 3.57. The molecule has 2 heterocycles. The largest absolute Gasteiger partial charge is 0.323 e. The van der Waals surface area contributed by atoms with E-state index < -0.39 is 0 Å². The van der Waals surface area contributed by atoms with Gasteiger partial charge in [-0.05, 0) is 36.1 Å². The fraction of sp³-hybridized carbons (Fsp3) is 0.150. The van der Waals surface area contributed by atoms with Crippen LogP contribution >= 0.6 is 11.3 Å². The molecule has 0 fully saturated rings. The number of benzene rings is 2. The fourth-order valence-corrected chi connectivity index (χ4v) is 4.41. The average molecular weight is 360 g/mol. The second kappa shape index (κ2) is 6.07. The lowest BCUT2D eigenvalue weighted by atomic mass is 10.0. The van der Waals surface area contributed by atoms with E-state index >= 15 is 0 Å². The smallest absolute Gasteiger partial charge is 0.232 e. The minimum atomic E-state index is -0.0861. The number of anilines is 1. The number of hydrogen-bond donors (Lipinski definition) is 1. The SMILES string of the molecule is O=C(Nc1cnn(-c2nc3ccccc3s2)c1)C1CCc2ccccc21. The lowest BCUT2D eigenvalue weighted by Crippen LogP contribution is -2.19. The molecule has 1 atom stereocenters. The number of thiazole rings is 1. The second-order valence-corrected chi connectivity index (χ2v) is 7.43. The summed E-state index contributed by atoms with van der Waals surface area (Å²) in [5.74, 6) is -0.0594. The van der Waals surface area contributed by atoms with Crippen molar-refractivity contribution in [3.05, 3.63) is 72.1 Å². The molecule has 128 valence electrons. The summed E-state index contributed by atoms with van der Waals surface area (Å²) in [5.41, 5.74) is 4.07. The predicted octanol–water partition coefficient (Wildman–Crippen LogP) is 4.15. The molecule has 0 spiro atoms. The molecule has 5 nitrogen and oxygen atoms in total. The van der Waals surface area contributed by atoms with E-state index in [9.17, 15) is 4.79 Å². The normalized spacial score (nSPS) is 15.9. The first-order valence-electron chi connectivity index (χ1n) is 8.57. The van der Waals surface area contributed by atoms with Gasteiger partial charge in [0.15, 0.2) is 0 Å². The number of carbonyl (C=O) groups excluding carboxylic acids is 1. The second-order valence-electron chi connectivity index (χ2n) is 6.42. The summed E-state index contributed by atoms with van der Waals surface area (Å²) in [7, 11) is 0. The van der Waals surface area contributed by atoms with Gasteiger partial charge in [0.25, 0.3) is 0 Å². The van der Waals surface area contributed by atoms with Crippen LogP contribution in [-0.2, 0) is 11.2 Å². The number of rotatable bonds is 3. The molecule has 0 saturated heterocycles. The van der Waals surface area contributed by atoms with Gasteiger partial charge in [-0.1, -0.05) is 47.7 Å². The Labute approximate surface area is 154 Å². The highest BCUT2D eigenvalue weighted by Gasteiger charge is 2.28. The van der Waals surface area contributed by atoms with Gasteiger partial charge >= 0.3 is 0 Å². The Balaban J connectivity index is 1.37. The fourth-order valence-electron chi connectivity index (χ4n) is 3.51. The van der Waals surface area contributed by atoms with Crippen LogP contribution in [0, 0.1) is 0 Å². The molecule has 0 aliphatic heterocycles. The van der Waals surface area contributed by atoms with Crippen LogP contribution in [-0.4, -0.2) is 20.7 Å².